The summed E-state index contributed by atoms with van der Waals surface area (Å²) in [5.74, 6) is 0.0575. The van der Waals surface area contributed by atoms with Crippen LogP contribution in [0.5, 0.6) is 0 Å². The molecule has 2 aromatic rings. The number of aryl methyl sites for hydroxylation is 1. The van der Waals surface area contributed by atoms with E-state index in [2.05, 4.69) is 15.6 Å². The molecular weight excluding hydrogens is 268 g/mol. The highest BCUT2D eigenvalue weighted by atomic mass is 16.3. The topological polar surface area (TPSA) is 80.0 Å². The fourth-order valence-corrected chi connectivity index (χ4v) is 2.00. The van der Waals surface area contributed by atoms with Crippen molar-refractivity contribution in [2.75, 3.05) is 6.54 Å². The zero-order chi connectivity index (χ0) is 14.9. The quantitative estimate of drug-likeness (QED) is 0.756. The van der Waals surface area contributed by atoms with Crippen LogP contribution in [0.15, 0.2) is 36.7 Å². The smallest absolute Gasteiger partial charge is 0.220 e. The molecule has 0 atom stereocenters. The van der Waals surface area contributed by atoms with Crippen molar-refractivity contribution in [2.45, 2.75) is 32.4 Å². The molecule has 6 nitrogen and oxygen atoms in total. The van der Waals surface area contributed by atoms with Gasteiger partial charge in [0.05, 0.1) is 12.8 Å². The first-order valence-electron chi connectivity index (χ1n) is 7.07. The molecule has 1 heterocycles. The second-order valence-electron chi connectivity index (χ2n) is 4.84. The summed E-state index contributed by atoms with van der Waals surface area (Å²) in [7, 11) is 0. The number of amides is 1. The highest BCUT2D eigenvalue weighted by Gasteiger charge is 2.02. The molecule has 6 heteroatoms. The normalized spacial score (nSPS) is 10.5. The van der Waals surface area contributed by atoms with Crippen LogP contribution in [-0.2, 0) is 24.4 Å². The van der Waals surface area contributed by atoms with Crippen LogP contribution < -0.4 is 5.32 Å². The fraction of sp³-hybridized carbons (Fsp3) is 0.400. The van der Waals surface area contributed by atoms with Crippen molar-refractivity contribution in [2.24, 2.45) is 0 Å². The first kappa shape index (κ1) is 15.2. The maximum atomic E-state index is 11.7. The Labute approximate surface area is 123 Å². The molecule has 1 aromatic carbocycles. The Morgan fingerprint density at radius 2 is 2.00 bits per heavy atom. The number of hydrogen-bond acceptors (Lipinski definition) is 4. The molecule has 2 N–H and O–H groups in total. The molecule has 0 radical (unpaired) electrons. The van der Waals surface area contributed by atoms with E-state index in [1.54, 1.807) is 17.1 Å². The molecule has 0 saturated carbocycles. The molecule has 0 fully saturated rings. The highest BCUT2D eigenvalue weighted by Crippen LogP contribution is 2.04. The monoisotopic (exact) mass is 288 g/mol. The maximum absolute atomic E-state index is 11.7. The molecule has 0 bridgehead atoms. The number of rotatable bonds is 8. The molecule has 0 saturated heterocycles. The Hall–Kier alpha value is -2.21. The third-order valence-corrected chi connectivity index (χ3v) is 3.20. The average Bonchev–Trinajstić information content (AvgIpc) is 3.01. The number of nitrogens with zero attached hydrogens (tertiary/aromatic N) is 3. The maximum Gasteiger partial charge on any atom is 0.220 e. The highest BCUT2D eigenvalue weighted by molar-refractivity contribution is 5.75. The zero-order valence-electron chi connectivity index (χ0n) is 11.9. The lowest BCUT2D eigenvalue weighted by Gasteiger charge is -2.06. The number of carbonyl (C=O) groups excluding carboxylic acids is 1. The molecule has 21 heavy (non-hydrogen) atoms. The largest absolute Gasteiger partial charge is 0.392 e. The van der Waals surface area contributed by atoms with E-state index in [0.717, 1.165) is 24.0 Å². The van der Waals surface area contributed by atoms with Gasteiger partial charge in [-0.05, 0) is 24.0 Å². The van der Waals surface area contributed by atoms with Crippen LogP contribution >= 0.6 is 0 Å². The zero-order valence-corrected chi connectivity index (χ0v) is 11.9. The molecule has 0 aliphatic heterocycles. The van der Waals surface area contributed by atoms with E-state index in [1.165, 1.54) is 0 Å². The van der Waals surface area contributed by atoms with Gasteiger partial charge in [0.25, 0.3) is 0 Å². The van der Waals surface area contributed by atoms with Gasteiger partial charge in [-0.15, -0.1) is 5.10 Å². The van der Waals surface area contributed by atoms with Gasteiger partial charge in [0.1, 0.15) is 0 Å². The molecule has 1 amide bonds. The second-order valence-corrected chi connectivity index (χ2v) is 4.84. The summed E-state index contributed by atoms with van der Waals surface area (Å²) >= 11 is 0. The minimum atomic E-state index is 0.0575. The van der Waals surface area contributed by atoms with Crippen LogP contribution in [0.1, 0.15) is 24.0 Å². The Morgan fingerprint density at radius 3 is 2.67 bits per heavy atom. The van der Waals surface area contributed by atoms with Gasteiger partial charge in [-0.25, -0.2) is 0 Å². The van der Waals surface area contributed by atoms with Gasteiger partial charge in [-0.3, -0.25) is 9.48 Å². The Bertz CT molecular complexity index is 537. The van der Waals surface area contributed by atoms with Crippen molar-refractivity contribution in [3.63, 3.8) is 0 Å². The number of aromatic nitrogens is 3. The Kier molecular flexibility index (Phi) is 5.90. The van der Waals surface area contributed by atoms with Gasteiger partial charge < -0.3 is 10.4 Å². The average molecular weight is 288 g/mol. The number of aliphatic hydroxyl groups excluding tert-OH is 1. The van der Waals surface area contributed by atoms with E-state index >= 15 is 0 Å². The first-order valence-corrected chi connectivity index (χ1v) is 7.07. The van der Waals surface area contributed by atoms with Gasteiger partial charge >= 0.3 is 0 Å². The summed E-state index contributed by atoms with van der Waals surface area (Å²) in [6, 6.07) is 7.75. The van der Waals surface area contributed by atoms with Crippen molar-refractivity contribution in [1.82, 2.24) is 20.3 Å². The van der Waals surface area contributed by atoms with E-state index < -0.39 is 0 Å². The minimum Gasteiger partial charge on any atom is -0.392 e. The van der Waals surface area contributed by atoms with Crippen molar-refractivity contribution in [3.8, 4) is 0 Å². The van der Waals surface area contributed by atoms with Gasteiger partial charge in [-0.2, -0.15) is 0 Å². The Balaban J connectivity index is 1.60. The third-order valence-electron chi connectivity index (χ3n) is 3.20. The minimum absolute atomic E-state index is 0.0575. The predicted octanol–water partition coefficient (Wildman–Crippen LogP) is 0.909. The van der Waals surface area contributed by atoms with E-state index in [4.69, 9.17) is 5.11 Å². The summed E-state index contributed by atoms with van der Waals surface area (Å²) in [6.45, 7) is 1.39. The predicted molar refractivity (Wildman–Crippen MR) is 78.3 cm³/mol. The number of aliphatic hydroxyl groups is 1. The van der Waals surface area contributed by atoms with E-state index in [-0.39, 0.29) is 12.5 Å². The van der Waals surface area contributed by atoms with Crippen LogP contribution in [0, 0.1) is 0 Å². The van der Waals surface area contributed by atoms with Crippen LogP contribution in [-0.4, -0.2) is 32.6 Å². The Morgan fingerprint density at radius 1 is 1.24 bits per heavy atom. The van der Waals surface area contributed by atoms with Gasteiger partial charge in [0.15, 0.2) is 0 Å². The first-order chi connectivity index (χ1) is 10.3. The van der Waals surface area contributed by atoms with Gasteiger partial charge in [0, 0.05) is 25.7 Å². The number of benzene rings is 1. The van der Waals surface area contributed by atoms with Crippen molar-refractivity contribution in [3.05, 3.63) is 47.8 Å². The molecule has 1 aromatic heterocycles. The molecule has 0 spiro atoms. The lowest BCUT2D eigenvalue weighted by atomic mass is 10.1. The molecular formula is C15H20N4O2. The summed E-state index contributed by atoms with van der Waals surface area (Å²) in [5.41, 5.74) is 2.05. The molecule has 0 aliphatic carbocycles. The van der Waals surface area contributed by atoms with Crippen molar-refractivity contribution < 1.29 is 9.90 Å². The van der Waals surface area contributed by atoms with Crippen LogP contribution in [0.25, 0.3) is 0 Å². The lowest BCUT2D eigenvalue weighted by Crippen LogP contribution is -2.25. The molecule has 112 valence electrons. The SMILES string of the molecule is O=C(CCCn1ccnn1)NCCc1ccc(CO)cc1. The van der Waals surface area contributed by atoms with E-state index in [1.807, 2.05) is 24.3 Å². The van der Waals surface area contributed by atoms with E-state index in [9.17, 15) is 4.79 Å². The van der Waals surface area contributed by atoms with Gasteiger partial charge in [0.2, 0.25) is 5.91 Å². The third kappa shape index (κ3) is 5.35. The molecule has 0 unspecified atom stereocenters. The number of nitrogens with one attached hydrogen (secondary N) is 1. The van der Waals surface area contributed by atoms with Crippen LogP contribution in [0.4, 0.5) is 0 Å². The van der Waals surface area contributed by atoms with Crippen LogP contribution in [0.3, 0.4) is 0 Å². The molecule has 2 rings (SSSR count). The number of carbonyl (C=O) groups is 1. The lowest BCUT2D eigenvalue weighted by molar-refractivity contribution is -0.121. The summed E-state index contributed by atoms with van der Waals surface area (Å²) in [5, 5.41) is 19.4. The van der Waals surface area contributed by atoms with Crippen molar-refractivity contribution >= 4 is 5.91 Å². The summed E-state index contributed by atoms with van der Waals surface area (Å²) in [6.07, 6.45) is 5.44. The van der Waals surface area contributed by atoms with Gasteiger partial charge in [-0.1, -0.05) is 29.5 Å². The second kappa shape index (κ2) is 8.16. The summed E-state index contributed by atoms with van der Waals surface area (Å²) in [4.78, 5) is 11.7. The summed E-state index contributed by atoms with van der Waals surface area (Å²) < 4.78 is 1.72. The van der Waals surface area contributed by atoms with Crippen LogP contribution in [0.2, 0.25) is 0 Å². The van der Waals surface area contributed by atoms with Crippen molar-refractivity contribution in [1.29, 1.82) is 0 Å². The standard InChI is InChI=1S/C15H20N4O2/c20-12-14-5-3-13(4-6-14)7-8-16-15(21)2-1-10-19-11-9-17-18-19/h3-6,9,11,20H,1-2,7-8,10,12H2,(H,16,21). The molecule has 0 aliphatic rings. The number of hydrogen-bond donors (Lipinski definition) is 2. The van der Waals surface area contributed by atoms with E-state index in [0.29, 0.717) is 19.5 Å². The fourth-order valence-electron chi connectivity index (χ4n) is 2.00.